The van der Waals surface area contributed by atoms with Gasteiger partial charge in [0.1, 0.15) is 11.3 Å². The molecular formula is C22H18F3N3O4. The second-order valence-electron chi connectivity index (χ2n) is 7.39. The summed E-state index contributed by atoms with van der Waals surface area (Å²) >= 11 is 0. The number of amides is 1. The number of carboxylic acid groups (broad SMARTS) is 1. The molecule has 32 heavy (non-hydrogen) atoms. The van der Waals surface area contributed by atoms with Gasteiger partial charge >= 0.3 is 12.1 Å². The number of halogens is 3. The Balaban J connectivity index is 1.52. The maximum absolute atomic E-state index is 13.4. The first-order valence-electron chi connectivity index (χ1n) is 9.68. The van der Waals surface area contributed by atoms with Crippen LogP contribution in [0.5, 0.6) is 5.75 Å². The molecule has 1 aromatic heterocycles. The summed E-state index contributed by atoms with van der Waals surface area (Å²) in [6.07, 6.45) is -4.27. The van der Waals surface area contributed by atoms with Crippen molar-refractivity contribution in [2.24, 2.45) is 0 Å². The molecule has 1 aliphatic rings. The van der Waals surface area contributed by atoms with E-state index in [-0.39, 0.29) is 23.2 Å². The number of para-hydroxylation sites is 1. The molecule has 10 heteroatoms. The second-order valence-corrected chi connectivity index (χ2v) is 7.39. The van der Waals surface area contributed by atoms with E-state index in [1.54, 1.807) is 0 Å². The van der Waals surface area contributed by atoms with Crippen LogP contribution in [0.3, 0.4) is 0 Å². The van der Waals surface area contributed by atoms with E-state index in [0.29, 0.717) is 17.5 Å². The van der Waals surface area contributed by atoms with Crippen LogP contribution in [0.1, 0.15) is 44.8 Å². The third kappa shape index (κ3) is 3.91. The van der Waals surface area contributed by atoms with Crippen molar-refractivity contribution in [2.45, 2.75) is 25.1 Å². The number of rotatable bonds is 5. The fraction of sp³-hybridized carbons (Fsp3) is 0.227. The molecule has 2 aromatic carbocycles. The molecule has 0 bridgehead atoms. The summed E-state index contributed by atoms with van der Waals surface area (Å²) in [7, 11) is 0. The van der Waals surface area contributed by atoms with E-state index in [4.69, 9.17) is 9.84 Å². The molecule has 1 aliphatic heterocycles. The van der Waals surface area contributed by atoms with Gasteiger partial charge in [-0.1, -0.05) is 18.2 Å². The number of alkyl halides is 3. The number of hydrogen-bond donors (Lipinski definition) is 2. The lowest BCUT2D eigenvalue weighted by Gasteiger charge is -2.20. The Labute approximate surface area is 180 Å². The first-order valence-corrected chi connectivity index (χ1v) is 9.68. The SMILES string of the molecule is C[C@H](NC(=O)c1ccc(-n2ncc(C(=O)O)c2C(F)(F)F)cc1)[C@H]1COc2ccccc21. The first-order chi connectivity index (χ1) is 15.2. The van der Waals surface area contributed by atoms with Crippen molar-refractivity contribution in [3.63, 3.8) is 0 Å². The van der Waals surface area contributed by atoms with Crippen LogP contribution in [0.4, 0.5) is 13.2 Å². The van der Waals surface area contributed by atoms with E-state index in [2.05, 4.69) is 10.4 Å². The lowest BCUT2D eigenvalue weighted by molar-refractivity contribution is -0.143. The molecule has 1 amide bonds. The number of hydrogen-bond acceptors (Lipinski definition) is 4. The van der Waals surface area contributed by atoms with E-state index in [1.165, 1.54) is 24.3 Å². The molecule has 4 rings (SSSR count). The summed E-state index contributed by atoms with van der Waals surface area (Å²) in [4.78, 5) is 23.8. The Hall–Kier alpha value is -3.82. The fourth-order valence-electron chi connectivity index (χ4n) is 3.72. The van der Waals surface area contributed by atoms with Gasteiger partial charge in [0.2, 0.25) is 0 Å². The highest BCUT2D eigenvalue weighted by molar-refractivity contribution is 5.94. The van der Waals surface area contributed by atoms with E-state index in [9.17, 15) is 22.8 Å². The van der Waals surface area contributed by atoms with E-state index in [1.807, 2.05) is 31.2 Å². The van der Waals surface area contributed by atoms with Gasteiger partial charge in [-0.2, -0.15) is 18.3 Å². The van der Waals surface area contributed by atoms with Gasteiger partial charge in [0.15, 0.2) is 5.69 Å². The van der Waals surface area contributed by atoms with Crippen LogP contribution < -0.4 is 10.1 Å². The molecule has 2 atom stereocenters. The largest absolute Gasteiger partial charge is 0.493 e. The molecule has 2 N–H and O–H groups in total. The molecule has 0 radical (unpaired) electrons. The molecule has 166 valence electrons. The Morgan fingerprint density at radius 2 is 1.88 bits per heavy atom. The number of carboxylic acids is 1. The molecule has 0 saturated heterocycles. The monoisotopic (exact) mass is 445 g/mol. The second kappa shape index (κ2) is 8.03. The highest BCUT2D eigenvalue weighted by atomic mass is 19.4. The highest BCUT2D eigenvalue weighted by Crippen LogP contribution is 2.36. The molecule has 3 aromatic rings. The predicted molar refractivity (Wildman–Crippen MR) is 107 cm³/mol. The van der Waals surface area contributed by atoms with Crippen molar-refractivity contribution in [2.75, 3.05) is 6.61 Å². The summed E-state index contributed by atoms with van der Waals surface area (Å²) in [6.45, 7) is 2.29. The minimum absolute atomic E-state index is 0.0208. The maximum atomic E-state index is 13.4. The number of aromatic nitrogens is 2. The van der Waals surface area contributed by atoms with Crippen molar-refractivity contribution in [3.8, 4) is 11.4 Å². The zero-order chi connectivity index (χ0) is 23.0. The van der Waals surface area contributed by atoms with Gasteiger partial charge in [0, 0.05) is 23.1 Å². The number of nitrogens with zero attached hydrogens (tertiary/aromatic N) is 2. The summed E-state index contributed by atoms with van der Waals surface area (Å²) in [6, 6.07) is 12.6. The van der Waals surface area contributed by atoms with Crippen LogP contribution >= 0.6 is 0 Å². The van der Waals surface area contributed by atoms with Crippen molar-refractivity contribution in [1.29, 1.82) is 0 Å². The molecule has 0 fully saturated rings. The van der Waals surface area contributed by atoms with E-state index in [0.717, 1.165) is 11.3 Å². The number of ether oxygens (including phenoxy) is 1. The quantitative estimate of drug-likeness (QED) is 0.622. The lowest BCUT2D eigenvalue weighted by atomic mass is 9.94. The number of benzene rings is 2. The Morgan fingerprint density at radius 1 is 1.19 bits per heavy atom. The van der Waals surface area contributed by atoms with Crippen molar-refractivity contribution >= 4 is 11.9 Å². The molecule has 0 aliphatic carbocycles. The van der Waals surface area contributed by atoms with Crippen LogP contribution in [-0.2, 0) is 6.18 Å². The molecule has 7 nitrogen and oxygen atoms in total. The van der Waals surface area contributed by atoms with Crippen LogP contribution in [0.2, 0.25) is 0 Å². The van der Waals surface area contributed by atoms with Crippen LogP contribution in [0.15, 0.2) is 54.7 Å². The smallest absolute Gasteiger partial charge is 0.434 e. The fourth-order valence-corrected chi connectivity index (χ4v) is 3.72. The Kier molecular flexibility index (Phi) is 5.37. The van der Waals surface area contributed by atoms with Gasteiger partial charge in [0.05, 0.1) is 18.5 Å². The zero-order valence-electron chi connectivity index (χ0n) is 16.8. The van der Waals surface area contributed by atoms with Gasteiger partial charge in [-0.3, -0.25) is 4.79 Å². The number of fused-ring (bicyclic) bond motifs is 1. The van der Waals surface area contributed by atoms with Crippen LogP contribution in [-0.4, -0.2) is 39.4 Å². The van der Waals surface area contributed by atoms with E-state index < -0.39 is 29.3 Å². The number of aromatic carboxylic acids is 1. The molecule has 0 spiro atoms. The first kappa shape index (κ1) is 21.4. The highest BCUT2D eigenvalue weighted by Gasteiger charge is 2.40. The predicted octanol–water partition coefficient (Wildman–Crippen LogP) is 3.88. The van der Waals surface area contributed by atoms with Crippen molar-refractivity contribution in [3.05, 3.63) is 77.1 Å². The van der Waals surface area contributed by atoms with Gasteiger partial charge in [-0.15, -0.1) is 0 Å². The van der Waals surface area contributed by atoms with Crippen LogP contribution in [0.25, 0.3) is 5.69 Å². The molecule has 0 saturated carbocycles. The Bertz CT molecular complexity index is 1170. The summed E-state index contributed by atoms with van der Waals surface area (Å²) in [5, 5.41) is 15.5. The molecule has 0 unspecified atom stereocenters. The average molecular weight is 445 g/mol. The normalized spacial score (nSPS) is 16.2. The third-order valence-electron chi connectivity index (χ3n) is 5.34. The van der Waals surface area contributed by atoms with Crippen LogP contribution in [0, 0.1) is 0 Å². The summed E-state index contributed by atoms with van der Waals surface area (Å²) in [5.41, 5.74) is -1.12. The van der Waals surface area contributed by atoms with Crippen molar-refractivity contribution < 1.29 is 32.6 Å². The molecular weight excluding hydrogens is 427 g/mol. The van der Waals surface area contributed by atoms with E-state index >= 15 is 0 Å². The summed E-state index contributed by atoms with van der Waals surface area (Å²) < 4.78 is 46.3. The standard InChI is InChI=1S/C22H18F3N3O4/c1-12(17-11-32-18-5-3-2-4-15(17)18)27-20(29)13-6-8-14(9-7-13)28-19(22(23,24)25)16(10-26-28)21(30)31/h2-10,12,17H,11H2,1H3,(H,27,29)(H,30,31)/t12-,17+/m0/s1. The van der Waals surface area contributed by atoms with Gasteiger partial charge < -0.3 is 15.2 Å². The van der Waals surface area contributed by atoms with Gasteiger partial charge in [-0.05, 0) is 37.3 Å². The minimum atomic E-state index is -4.92. The lowest BCUT2D eigenvalue weighted by Crippen LogP contribution is -2.37. The Morgan fingerprint density at radius 3 is 2.53 bits per heavy atom. The van der Waals surface area contributed by atoms with Crippen molar-refractivity contribution in [1.82, 2.24) is 15.1 Å². The average Bonchev–Trinajstić information content (AvgIpc) is 3.38. The minimum Gasteiger partial charge on any atom is -0.493 e. The number of carbonyl (C=O) groups excluding carboxylic acids is 1. The number of carbonyl (C=O) groups is 2. The number of nitrogens with one attached hydrogen (secondary N) is 1. The van der Waals surface area contributed by atoms with Gasteiger partial charge in [-0.25, -0.2) is 9.48 Å². The zero-order valence-corrected chi connectivity index (χ0v) is 16.8. The summed E-state index contributed by atoms with van der Waals surface area (Å²) in [5.74, 6) is -1.37. The molecule has 2 heterocycles. The van der Waals surface area contributed by atoms with Gasteiger partial charge in [0.25, 0.3) is 5.91 Å². The third-order valence-corrected chi connectivity index (χ3v) is 5.34. The topological polar surface area (TPSA) is 93.5 Å². The maximum Gasteiger partial charge on any atom is 0.434 e.